The zero-order valence-corrected chi connectivity index (χ0v) is 19.0. The number of carbonyl (C=O) groups excluding carboxylic acids is 1. The molecule has 2 aliphatic rings. The van der Waals surface area contributed by atoms with E-state index in [2.05, 4.69) is 35.0 Å². The van der Waals surface area contributed by atoms with Crippen molar-refractivity contribution in [2.75, 3.05) is 33.1 Å². The molecule has 1 saturated heterocycles. The number of carbonyl (C=O) groups is 1. The summed E-state index contributed by atoms with van der Waals surface area (Å²) in [6.07, 6.45) is 4.92. The Balaban J connectivity index is 1.21. The molecule has 174 valence electrons. The van der Waals surface area contributed by atoms with Crippen LogP contribution in [0.25, 0.3) is 10.9 Å². The van der Waals surface area contributed by atoms with Crippen LogP contribution >= 0.6 is 0 Å². The summed E-state index contributed by atoms with van der Waals surface area (Å²) in [5.74, 6) is 2.75. The van der Waals surface area contributed by atoms with Gasteiger partial charge < -0.3 is 28.4 Å². The summed E-state index contributed by atoms with van der Waals surface area (Å²) in [6.45, 7) is 5.53. The Morgan fingerprint density at radius 2 is 1.91 bits per heavy atom. The molecule has 0 unspecified atom stereocenters. The first kappa shape index (κ1) is 21.5. The van der Waals surface area contributed by atoms with Crippen LogP contribution in [-0.2, 0) is 11.3 Å². The van der Waals surface area contributed by atoms with Gasteiger partial charge in [-0.1, -0.05) is 18.2 Å². The first-order valence-electron chi connectivity index (χ1n) is 11.7. The average molecular weight is 451 g/mol. The fraction of sp³-hybridized carbons (Fsp3) is 0.423. The van der Waals surface area contributed by atoms with E-state index in [9.17, 15) is 4.79 Å². The van der Waals surface area contributed by atoms with Gasteiger partial charge in [-0.25, -0.2) is 4.79 Å². The number of nitrogens with zero attached hydrogens (tertiary/aromatic N) is 2. The molecule has 3 aromatic rings. The van der Waals surface area contributed by atoms with Crippen LogP contribution in [0.1, 0.15) is 37.7 Å². The number of hydrogen-bond acceptors (Lipinski definition) is 5. The lowest BCUT2D eigenvalue weighted by molar-refractivity contribution is 0.0971. The number of para-hydroxylation sites is 1. The summed E-state index contributed by atoms with van der Waals surface area (Å²) >= 11 is 0. The Morgan fingerprint density at radius 3 is 2.76 bits per heavy atom. The average Bonchev–Trinajstić information content (AvgIpc) is 3.47. The van der Waals surface area contributed by atoms with E-state index < -0.39 is 0 Å². The van der Waals surface area contributed by atoms with Crippen LogP contribution in [0.3, 0.4) is 0 Å². The van der Waals surface area contributed by atoms with E-state index in [0.717, 1.165) is 56.1 Å². The second-order valence-electron chi connectivity index (χ2n) is 8.47. The van der Waals surface area contributed by atoms with Crippen molar-refractivity contribution in [3.8, 4) is 17.2 Å². The second kappa shape index (κ2) is 9.65. The molecule has 1 fully saturated rings. The number of aryl methyl sites for hydroxylation is 1. The quantitative estimate of drug-likeness (QED) is 0.465. The number of piperidine rings is 1. The number of rotatable bonds is 7. The van der Waals surface area contributed by atoms with Gasteiger partial charge in [-0.15, -0.1) is 0 Å². The standard InChI is InChI=1S/C26H30N2O5/c1-2-30-26(29)27-13-10-19(11-14-27)22-17-28(23-7-4-3-6-21(22)23)12-5-15-31-20-8-9-24-25(16-20)33-18-32-24/h3-4,6-9,16-17,19H,2,5,10-15,18H2,1H3. The predicted octanol–water partition coefficient (Wildman–Crippen LogP) is 5.18. The van der Waals surface area contributed by atoms with Gasteiger partial charge in [-0.3, -0.25) is 0 Å². The van der Waals surface area contributed by atoms with Crippen molar-refractivity contribution < 1.29 is 23.7 Å². The van der Waals surface area contributed by atoms with Crippen molar-refractivity contribution in [2.45, 2.75) is 38.6 Å². The molecular formula is C26H30N2O5. The number of aromatic nitrogens is 1. The molecule has 0 spiro atoms. The lowest BCUT2D eigenvalue weighted by atomic mass is 9.89. The van der Waals surface area contributed by atoms with Gasteiger partial charge in [-0.05, 0) is 55.9 Å². The maximum Gasteiger partial charge on any atom is 0.409 e. The first-order valence-corrected chi connectivity index (χ1v) is 11.7. The van der Waals surface area contributed by atoms with Gasteiger partial charge in [0.15, 0.2) is 11.5 Å². The van der Waals surface area contributed by atoms with Crippen molar-refractivity contribution in [3.63, 3.8) is 0 Å². The van der Waals surface area contributed by atoms with Crippen molar-refractivity contribution in [3.05, 3.63) is 54.2 Å². The zero-order valence-electron chi connectivity index (χ0n) is 19.0. The van der Waals surface area contributed by atoms with E-state index in [1.54, 1.807) is 0 Å². The van der Waals surface area contributed by atoms with Crippen LogP contribution in [0.15, 0.2) is 48.7 Å². The Bertz CT molecular complexity index is 1120. The normalized spacial score (nSPS) is 15.7. The second-order valence-corrected chi connectivity index (χ2v) is 8.47. The summed E-state index contributed by atoms with van der Waals surface area (Å²) in [7, 11) is 0. The molecule has 7 nitrogen and oxygen atoms in total. The molecule has 2 aromatic carbocycles. The molecule has 0 aliphatic carbocycles. The maximum absolute atomic E-state index is 12.0. The Morgan fingerprint density at radius 1 is 1.09 bits per heavy atom. The minimum Gasteiger partial charge on any atom is -0.493 e. The molecule has 1 aromatic heterocycles. The molecule has 0 atom stereocenters. The maximum atomic E-state index is 12.0. The van der Waals surface area contributed by atoms with Crippen LogP contribution in [0.4, 0.5) is 4.79 Å². The number of ether oxygens (including phenoxy) is 4. The van der Waals surface area contributed by atoms with Crippen molar-refractivity contribution in [1.82, 2.24) is 9.47 Å². The fourth-order valence-electron chi connectivity index (χ4n) is 4.76. The number of hydrogen-bond donors (Lipinski definition) is 0. The summed E-state index contributed by atoms with van der Waals surface area (Å²) in [5, 5.41) is 1.31. The summed E-state index contributed by atoms with van der Waals surface area (Å²) < 4.78 is 24.2. The van der Waals surface area contributed by atoms with Crippen LogP contribution in [0.5, 0.6) is 17.2 Å². The van der Waals surface area contributed by atoms with E-state index in [4.69, 9.17) is 18.9 Å². The summed E-state index contributed by atoms with van der Waals surface area (Å²) in [4.78, 5) is 13.9. The van der Waals surface area contributed by atoms with E-state index in [1.807, 2.05) is 30.0 Å². The minimum atomic E-state index is -0.194. The number of fused-ring (bicyclic) bond motifs is 2. The highest BCUT2D eigenvalue weighted by Gasteiger charge is 2.26. The molecule has 2 aliphatic heterocycles. The lowest BCUT2D eigenvalue weighted by Gasteiger charge is -2.31. The topological polar surface area (TPSA) is 62.2 Å². The number of likely N-dealkylation sites (tertiary alicyclic amines) is 1. The highest BCUT2D eigenvalue weighted by molar-refractivity contribution is 5.84. The third-order valence-electron chi connectivity index (χ3n) is 6.44. The van der Waals surface area contributed by atoms with Crippen LogP contribution in [0, 0.1) is 0 Å². The predicted molar refractivity (Wildman–Crippen MR) is 125 cm³/mol. The summed E-state index contributed by atoms with van der Waals surface area (Å²) in [5.41, 5.74) is 2.63. The first-order chi connectivity index (χ1) is 16.2. The zero-order chi connectivity index (χ0) is 22.6. The van der Waals surface area contributed by atoms with Gasteiger partial charge in [0.25, 0.3) is 0 Å². The number of benzene rings is 2. The lowest BCUT2D eigenvalue weighted by Crippen LogP contribution is -2.38. The fourth-order valence-corrected chi connectivity index (χ4v) is 4.76. The third-order valence-corrected chi connectivity index (χ3v) is 6.44. The van der Waals surface area contributed by atoms with Crippen LogP contribution in [0.2, 0.25) is 0 Å². The van der Waals surface area contributed by atoms with Crippen molar-refractivity contribution in [1.29, 1.82) is 0 Å². The van der Waals surface area contributed by atoms with E-state index >= 15 is 0 Å². The Labute approximate surface area is 193 Å². The molecule has 0 bridgehead atoms. The highest BCUT2D eigenvalue weighted by atomic mass is 16.7. The van der Waals surface area contributed by atoms with Gasteiger partial charge >= 0.3 is 6.09 Å². The molecule has 0 radical (unpaired) electrons. The monoisotopic (exact) mass is 450 g/mol. The van der Waals surface area contributed by atoms with Crippen molar-refractivity contribution in [2.24, 2.45) is 0 Å². The van der Waals surface area contributed by atoms with Gasteiger partial charge in [0.1, 0.15) is 5.75 Å². The SMILES string of the molecule is CCOC(=O)N1CCC(c2cn(CCCOc3ccc4c(c3)OCO4)c3ccccc23)CC1. The minimum absolute atomic E-state index is 0.194. The summed E-state index contributed by atoms with van der Waals surface area (Å²) in [6, 6.07) is 14.3. The van der Waals surface area contributed by atoms with Crippen molar-refractivity contribution >= 4 is 17.0 Å². The molecule has 0 N–H and O–H groups in total. The molecule has 7 heteroatoms. The van der Waals surface area contributed by atoms with Gasteiger partial charge in [0.2, 0.25) is 6.79 Å². The third kappa shape index (κ3) is 4.58. The van der Waals surface area contributed by atoms with Gasteiger partial charge in [-0.2, -0.15) is 0 Å². The highest BCUT2D eigenvalue weighted by Crippen LogP contribution is 2.36. The van der Waals surface area contributed by atoms with Crippen LogP contribution < -0.4 is 14.2 Å². The number of amides is 1. The van der Waals surface area contributed by atoms with E-state index in [1.165, 1.54) is 16.5 Å². The molecule has 5 rings (SSSR count). The Hall–Kier alpha value is -3.35. The molecule has 3 heterocycles. The van der Waals surface area contributed by atoms with E-state index in [0.29, 0.717) is 19.1 Å². The largest absolute Gasteiger partial charge is 0.493 e. The smallest absolute Gasteiger partial charge is 0.409 e. The molecule has 0 saturated carbocycles. The van der Waals surface area contributed by atoms with Gasteiger partial charge in [0.05, 0.1) is 13.2 Å². The van der Waals surface area contributed by atoms with Gasteiger partial charge in [0, 0.05) is 42.8 Å². The Kier molecular flexibility index (Phi) is 6.28. The molecular weight excluding hydrogens is 420 g/mol. The van der Waals surface area contributed by atoms with E-state index in [-0.39, 0.29) is 12.9 Å². The molecule has 1 amide bonds. The molecule has 33 heavy (non-hydrogen) atoms. The van der Waals surface area contributed by atoms with Crippen LogP contribution in [-0.4, -0.2) is 48.7 Å².